The number of halogens is 1. The van der Waals surface area contributed by atoms with Crippen molar-refractivity contribution in [2.45, 2.75) is 0 Å². The van der Waals surface area contributed by atoms with E-state index in [-0.39, 0.29) is 6.61 Å². The molecule has 6 heavy (non-hydrogen) atoms. The molecule has 35 valence electrons. The minimum absolute atomic E-state index is 0.267. The third kappa shape index (κ3) is 3.56. The fourth-order valence-electron chi connectivity index (χ4n) is 0.0802. The number of rotatable bonds is 3. The van der Waals surface area contributed by atoms with E-state index in [9.17, 15) is 4.39 Å². The first-order valence-corrected chi connectivity index (χ1v) is 1.40. The number of hydrogen-bond acceptors (Lipinski definition) is 2. The molecule has 0 N–H and O–H groups in total. The molecule has 0 aromatic heterocycles. The predicted octanol–water partition coefficient (Wildman–Crippen LogP) is 0.0397. The molecular weight excluding hydrogens is 87.0 g/mol. The van der Waals surface area contributed by atoms with Crippen molar-refractivity contribution in [2.75, 3.05) is 13.5 Å². The summed E-state index contributed by atoms with van der Waals surface area (Å²) in [4.78, 5) is 9.15. The van der Waals surface area contributed by atoms with Crippen LogP contribution in [0.3, 0.4) is 0 Å². The Kier molecular flexibility index (Phi) is 4.23. The predicted molar refractivity (Wildman–Crippen MR) is 17.6 cm³/mol. The van der Waals surface area contributed by atoms with Gasteiger partial charge in [0.15, 0.2) is 6.86 Å². The molecule has 0 aliphatic rings. The van der Waals surface area contributed by atoms with Gasteiger partial charge in [-0.3, -0.25) is 4.79 Å². The fraction of sp³-hybridized carbons (Fsp3) is 0.667. The Labute approximate surface area is 34.9 Å². The molecule has 0 aliphatic carbocycles. The highest BCUT2D eigenvalue weighted by molar-refractivity contribution is 5.51. The largest absolute Gasteiger partial charge is 0.342 e. The van der Waals surface area contributed by atoms with Crippen molar-refractivity contribution >= 4 is 6.29 Å². The Morgan fingerprint density at radius 1 is 1.83 bits per heavy atom. The number of ether oxygens (including phenoxy) is 1. The topological polar surface area (TPSA) is 26.3 Å². The molecule has 0 saturated carbocycles. The van der Waals surface area contributed by atoms with Gasteiger partial charge in [0.1, 0.15) is 6.61 Å². The molecule has 0 fully saturated rings. The van der Waals surface area contributed by atoms with Crippen LogP contribution < -0.4 is 0 Å². The van der Waals surface area contributed by atoms with E-state index < -0.39 is 6.86 Å². The quantitative estimate of drug-likeness (QED) is 0.458. The summed E-state index contributed by atoms with van der Waals surface area (Å²) < 4.78 is 14.7. The Morgan fingerprint density at radius 2 is 2.50 bits per heavy atom. The molecule has 0 heterocycles. The fourth-order valence-corrected chi connectivity index (χ4v) is 0.0802. The summed E-state index contributed by atoms with van der Waals surface area (Å²) in [6.45, 7) is -1.17. The van der Waals surface area contributed by atoms with Crippen LogP contribution in [-0.4, -0.2) is 19.8 Å². The van der Waals surface area contributed by atoms with Gasteiger partial charge in [-0.25, -0.2) is 4.39 Å². The molecule has 0 rings (SSSR count). The van der Waals surface area contributed by atoms with Crippen LogP contribution >= 0.6 is 0 Å². The van der Waals surface area contributed by atoms with Crippen molar-refractivity contribution in [3.63, 3.8) is 0 Å². The van der Waals surface area contributed by atoms with Crippen molar-refractivity contribution in [3.8, 4) is 0 Å². The van der Waals surface area contributed by atoms with Gasteiger partial charge in [0.2, 0.25) is 6.29 Å². The number of carbonyl (C=O) groups excluding carboxylic acids is 1. The van der Waals surface area contributed by atoms with Crippen molar-refractivity contribution in [2.24, 2.45) is 0 Å². The van der Waals surface area contributed by atoms with Gasteiger partial charge in [0.25, 0.3) is 0 Å². The molecule has 3 heteroatoms. The zero-order valence-electron chi connectivity index (χ0n) is 3.11. The molecule has 0 unspecified atom stereocenters. The summed E-state index contributed by atoms with van der Waals surface area (Å²) in [6.07, 6.45) is 1.36. The third-order valence-corrected chi connectivity index (χ3v) is 0.238. The first kappa shape index (κ1) is 5.56. The zero-order chi connectivity index (χ0) is 4.83. The minimum atomic E-state index is -0.907. The van der Waals surface area contributed by atoms with Crippen LogP contribution in [0.4, 0.5) is 4.39 Å². The smallest absolute Gasteiger partial charge is 0.226 e. The lowest BCUT2D eigenvalue weighted by Crippen LogP contribution is -1.90. The Balaban J connectivity index is 2.49. The highest BCUT2D eigenvalue weighted by atomic mass is 19.1. The van der Waals surface area contributed by atoms with Crippen molar-refractivity contribution in [1.29, 1.82) is 0 Å². The SMILES string of the molecule is O=[C]COCF. The summed E-state index contributed by atoms with van der Waals surface area (Å²) >= 11 is 0. The maximum absolute atomic E-state index is 10.8. The van der Waals surface area contributed by atoms with Gasteiger partial charge in [-0.05, 0) is 0 Å². The normalized spacial score (nSPS) is 8.17. The van der Waals surface area contributed by atoms with E-state index >= 15 is 0 Å². The highest BCUT2D eigenvalue weighted by Gasteiger charge is 1.76. The summed E-state index contributed by atoms with van der Waals surface area (Å²) in [6, 6.07) is 0. The van der Waals surface area contributed by atoms with Crippen LogP contribution in [0.15, 0.2) is 0 Å². The monoisotopic (exact) mass is 91.0 g/mol. The lowest BCUT2D eigenvalue weighted by molar-refractivity contribution is 0.0834. The van der Waals surface area contributed by atoms with Crippen molar-refractivity contribution in [1.82, 2.24) is 0 Å². The van der Waals surface area contributed by atoms with Crippen LogP contribution in [0.2, 0.25) is 0 Å². The van der Waals surface area contributed by atoms with Gasteiger partial charge in [0.05, 0.1) is 0 Å². The maximum atomic E-state index is 10.8. The van der Waals surface area contributed by atoms with E-state index in [1.165, 1.54) is 6.29 Å². The average molecular weight is 91.1 g/mol. The van der Waals surface area contributed by atoms with Gasteiger partial charge < -0.3 is 4.74 Å². The molecule has 0 spiro atoms. The second-order valence-corrected chi connectivity index (χ2v) is 0.602. The molecule has 0 atom stereocenters. The number of alkyl halides is 1. The van der Waals surface area contributed by atoms with Gasteiger partial charge in [-0.2, -0.15) is 0 Å². The van der Waals surface area contributed by atoms with Crippen molar-refractivity contribution in [3.05, 3.63) is 0 Å². The van der Waals surface area contributed by atoms with E-state index in [1.807, 2.05) is 0 Å². The molecule has 0 aromatic carbocycles. The van der Waals surface area contributed by atoms with E-state index in [0.717, 1.165) is 0 Å². The molecule has 0 bridgehead atoms. The Hall–Kier alpha value is -0.440. The van der Waals surface area contributed by atoms with Gasteiger partial charge in [-0.15, -0.1) is 0 Å². The van der Waals surface area contributed by atoms with Gasteiger partial charge in [-0.1, -0.05) is 0 Å². The standard InChI is InChI=1S/C3H4FO2/c4-3-6-2-1-5/h2-3H2. The van der Waals surface area contributed by atoms with Crippen LogP contribution in [0.25, 0.3) is 0 Å². The average Bonchev–Trinajstić information content (AvgIpc) is 1.61. The third-order valence-electron chi connectivity index (χ3n) is 0.238. The molecule has 0 aromatic rings. The summed E-state index contributed by atoms with van der Waals surface area (Å²) in [5, 5.41) is 0. The van der Waals surface area contributed by atoms with Crippen molar-refractivity contribution < 1.29 is 13.9 Å². The second-order valence-electron chi connectivity index (χ2n) is 0.602. The van der Waals surface area contributed by atoms with Gasteiger partial charge in [0, 0.05) is 0 Å². The lowest BCUT2D eigenvalue weighted by Gasteiger charge is -1.81. The zero-order valence-corrected chi connectivity index (χ0v) is 3.11. The van der Waals surface area contributed by atoms with Crippen LogP contribution in [0.5, 0.6) is 0 Å². The molecule has 0 amide bonds. The van der Waals surface area contributed by atoms with E-state index in [2.05, 4.69) is 4.74 Å². The molecule has 0 saturated heterocycles. The first-order valence-electron chi connectivity index (χ1n) is 1.40. The van der Waals surface area contributed by atoms with Crippen LogP contribution in [0, 0.1) is 0 Å². The summed E-state index contributed by atoms with van der Waals surface area (Å²) in [5.74, 6) is 0. The minimum Gasteiger partial charge on any atom is -0.342 e. The Bertz CT molecular complexity index is 37.8. The second kappa shape index (κ2) is 4.56. The Morgan fingerprint density at radius 3 is 2.67 bits per heavy atom. The van der Waals surface area contributed by atoms with Crippen LogP contribution in [-0.2, 0) is 9.53 Å². The molecule has 1 radical (unpaired) electrons. The first-order chi connectivity index (χ1) is 2.91. The molecule has 2 nitrogen and oxygen atoms in total. The summed E-state index contributed by atoms with van der Waals surface area (Å²) in [5.41, 5.74) is 0. The van der Waals surface area contributed by atoms with Gasteiger partial charge >= 0.3 is 0 Å². The highest BCUT2D eigenvalue weighted by Crippen LogP contribution is 1.67. The van der Waals surface area contributed by atoms with E-state index in [1.54, 1.807) is 0 Å². The maximum Gasteiger partial charge on any atom is 0.226 e. The lowest BCUT2D eigenvalue weighted by atomic mass is 10.8. The van der Waals surface area contributed by atoms with Crippen LogP contribution in [0.1, 0.15) is 0 Å². The van der Waals surface area contributed by atoms with E-state index in [0.29, 0.717) is 0 Å². The molecular formula is C3H4FO2. The number of hydrogen-bond donors (Lipinski definition) is 0. The van der Waals surface area contributed by atoms with E-state index in [4.69, 9.17) is 4.79 Å². The summed E-state index contributed by atoms with van der Waals surface area (Å²) in [7, 11) is 0. The molecule has 0 aliphatic heterocycles.